The molecule has 0 spiro atoms. The number of nitrogens with zero attached hydrogens (tertiary/aromatic N) is 2. The minimum absolute atomic E-state index is 0.300. The molecule has 3 N–H and O–H groups in total. The maximum absolute atomic E-state index is 14.0. The molecule has 0 aliphatic rings. The number of nitrogens with two attached hydrogens (primary N) is 1. The topological polar surface area (TPSA) is 67.6 Å². The number of nitrogens with one attached hydrogen (secondary N) is 1. The molecule has 19 heavy (non-hydrogen) atoms. The summed E-state index contributed by atoms with van der Waals surface area (Å²) in [5.41, 5.74) is 8.33. The van der Waals surface area contributed by atoms with Crippen LogP contribution in [0.2, 0.25) is 0 Å². The summed E-state index contributed by atoms with van der Waals surface area (Å²) in [5, 5.41) is 0.790. The number of aryl methyl sites for hydroxylation is 1. The molecule has 2 heterocycles. The summed E-state index contributed by atoms with van der Waals surface area (Å²) in [7, 11) is 0. The van der Waals surface area contributed by atoms with Crippen LogP contribution < -0.4 is 5.73 Å². The molecular formula is C14H13FN4. The van der Waals surface area contributed by atoms with E-state index in [1.807, 2.05) is 0 Å². The second-order valence-electron chi connectivity index (χ2n) is 4.34. The van der Waals surface area contributed by atoms with Crippen LogP contribution in [0.25, 0.3) is 22.3 Å². The van der Waals surface area contributed by atoms with Crippen molar-refractivity contribution < 1.29 is 4.39 Å². The van der Waals surface area contributed by atoms with Gasteiger partial charge in [0.05, 0.1) is 5.69 Å². The van der Waals surface area contributed by atoms with Gasteiger partial charge in [0.15, 0.2) is 0 Å². The zero-order chi connectivity index (χ0) is 13.4. The van der Waals surface area contributed by atoms with Crippen LogP contribution in [-0.2, 0) is 6.54 Å². The van der Waals surface area contributed by atoms with E-state index in [0.29, 0.717) is 29.3 Å². The predicted octanol–water partition coefficient (Wildman–Crippen LogP) is 2.53. The fourth-order valence-corrected chi connectivity index (χ4v) is 2.22. The Kier molecular flexibility index (Phi) is 2.76. The highest BCUT2D eigenvalue weighted by atomic mass is 19.1. The van der Waals surface area contributed by atoms with E-state index in [0.717, 1.165) is 10.9 Å². The quantitative estimate of drug-likeness (QED) is 0.740. The van der Waals surface area contributed by atoms with E-state index < -0.39 is 0 Å². The highest BCUT2D eigenvalue weighted by Gasteiger charge is 2.15. The first-order chi connectivity index (χ1) is 9.20. The summed E-state index contributed by atoms with van der Waals surface area (Å²) in [4.78, 5) is 11.8. The van der Waals surface area contributed by atoms with Gasteiger partial charge in [-0.1, -0.05) is 12.1 Å². The van der Waals surface area contributed by atoms with E-state index in [9.17, 15) is 4.39 Å². The minimum atomic E-state index is -0.300. The van der Waals surface area contributed by atoms with Crippen LogP contribution in [0.5, 0.6) is 0 Å². The zero-order valence-corrected chi connectivity index (χ0v) is 10.4. The summed E-state index contributed by atoms with van der Waals surface area (Å²) in [6.07, 6.45) is 1.79. The van der Waals surface area contributed by atoms with E-state index in [1.165, 1.54) is 6.07 Å². The number of rotatable bonds is 2. The summed E-state index contributed by atoms with van der Waals surface area (Å²) >= 11 is 0. The molecule has 0 atom stereocenters. The van der Waals surface area contributed by atoms with Gasteiger partial charge >= 0.3 is 0 Å². The number of aromatic nitrogens is 3. The van der Waals surface area contributed by atoms with E-state index in [-0.39, 0.29) is 5.82 Å². The molecular weight excluding hydrogens is 243 g/mol. The van der Waals surface area contributed by atoms with E-state index in [4.69, 9.17) is 5.73 Å². The molecule has 3 aromatic rings. The first kappa shape index (κ1) is 11.8. The summed E-state index contributed by atoms with van der Waals surface area (Å²) in [5.74, 6) is 0.294. The van der Waals surface area contributed by atoms with Gasteiger partial charge in [-0.15, -0.1) is 0 Å². The lowest BCUT2D eigenvalue weighted by Gasteiger charge is -2.06. The average molecular weight is 256 g/mol. The molecule has 0 bridgehead atoms. The van der Waals surface area contributed by atoms with Crippen molar-refractivity contribution in [3.8, 4) is 11.3 Å². The number of hydrogen-bond acceptors (Lipinski definition) is 3. The fraction of sp³-hybridized carbons (Fsp3) is 0.143. The van der Waals surface area contributed by atoms with Crippen molar-refractivity contribution in [3.63, 3.8) is 0 Å². The number of H-pyrrole nitrogens is 1. The molecule has 0 radical (unpaired) electrons. The van der Waals surface area contributed by atoms with Gasteiger partial charge in [0, 0.05) is 23.7 Å². The van der Waals surface area contributed by atoms with Crippen LogP contribution in [0.4, 0.5) is 4.39 Å². The number of hydrogen-bond donors (Lipinski definition) is 2. The number of halogens is 1. The molecule has 4 nitrogen and oxygen atoms in total. The van der Waals surface area contributed by atoms with E-state index in [2.05, 4.69) is 15.0 Å². The van der Waals surface area contributed by atoms with Crippen molar-refractivity contribution in [3.05, 3.63) is 47.7 Å². The third kappa shape index (κ3) is 1.88. The Labute approximate surface area is 109 Å². The monoisotopic (exact) mass is 256 g/mol. The summed E-state index contributed by atoms with van der Waals surface area (Å²) < 4.78 is 14.0. The SMILES string of the molecule is Cc1nc(-c2ccccc2F)c2c(CN)c[nH]c2n1. The molecule has 0 unspecified atom stereocenters. The Balaban J connectivity index is 2.39. The van der Waals surface area contributed by atoms with Crippen molar-refractivity contribution in [2.45, 2.75) is 13.5 Å². The second-order valence-corrected chi connectivity index (χ2v) is 4.34. The van der Waals surface area contributed by atoms with Crippen molar-refractivity contribution in [1.82, 2.24) is 15.0 Å². The molecule has 3 rings (SSSR count). The third-order valence-corrected chi connectivity index (χ3v) is 3.07. The number of benzene rings is 1. The normalized spacial score (nSPS) is 11.1. The van der Waals surface area contributed by atoms with Gasteiger partial charge in [-0.05, 0) is 24.6 Å². The van der Waals surface area contributed by atoms with Crippen LogP contribution in [0.15, 0.2) is 30.5 Å². The Morgan fingerprint density at radius 1 is 1.26 bits per heavy atom. The molecule has 0 saturated carbocycles. The Morgan fingerprint density at radius 2 is 2.05 bits per heavy atom. The first-order valence-corrected chi connectivity index (χ1v) is 6.00. The minimum Gasteiger partial charge on any atom is -0.346 e. The van der Waals surface area contributed by atoms with Gasteiger partial charge in [0.25, 0.3) is 0 Å². The lowest BCUT2D eigenvalue weighted by Crippen LogP contribution is -1.99. The van der Waals surface area contributed by atoms with E-state index in [1.54, 1.807) is 31.3 Å². The van der Waals surface area contributed by atoms with Crippen LogP contribution in [0, 0.1) is 12.7 Å². The van der Waals surface area contributed by atoms with E-state index >= 15 is 0 Å². The van der Waals surface area contributed by atoms with Gasteiger partial charge in [0.2, 0.25) is 0 Å². The standard InChI is InChI=1S/C14H13FN4/c1-8-18-13(10-4-2-3-5-11(10)15)12-9(6-16)7-17-14(12)19-8/h2-5,7H,6,16H2,1H3,(H,17,18,19). The van der Waals surface area contributed by atoms with Gasteiger partial charge in [-0.2, -0.15) is 0 Å². The third-order valence-electron chi connectivity index (χ3n) is 3.07. The van der Waals surface area contributed by atoms with Crippen LogP contribution >= 0.6 is 0 Å². The summed E-state index contributed by atoms with van der Waals surface area (Å²) in [6, 6.07) is 6.58. The lowest BCUT2D eigenvalue weighted by atomic mass is 10.1. The van der Waals surface area contributed by atoms with Gasteiger partial charge in [-0.3, -0.25) is 0 Å². The van der Waals surface area contributed by atoms with Crippen LogP contribution in [0.3, 0.4) is 0 Å². The van der Waals surface area contributed by atoms with Gasteiger partial charge < -0.3 is 10.7 Å². The Hall–Kier alpha value is -2.27. The summed E-state index contributed by atoms with van der Waals surface area (Å²) in [6.45, 7) is 2.14. The van der Waals surface area contributed by atoms with Crippen molar-refractivity contribution in [2.75, 3.05) is 0 Å². The number of fused-ring (bicyclic) bond motifs is 1. The molecule has 1 aromatic carbocycles. The molecule has 96 valence electrons. The molecule has 0 fully saturated rings. The predicted molar refractivity (Wildman–Crippen MR) is 71.9 cm³/mol. The zero-order valence-electron chi connectivity index (χ0n) is 10.4. The molecule has 5 heteroatoms. The number of aromatic amines is 1. The van der Waals surface area contributed by atoms with Gasteiger partial charge in [0.1, 0.15) is 17.3 Å². The first-order valence-electron chi connectivity index (χ1n) is 6.00. The highest BCUT2D eigenvalue weighted by Crippen LogP contribution is 2.30. The van der Waals surface area contributed by atoms with Gasteiger partial charge in [-0.25, -0.2) is 14.4 Å². The maximum Gasteiger partial charge on any atom is 0.141 e. The largest absolute Gasteiger partial charge is 0.346 e. The highest BCUT2D eigenvalue weighted by molar-refractivity contribution is 5.93. The van der Waals surface area contributed by atoms with Crippen molar-refractivity contribution >= 4 is 11.0 Å². The lowest BCUT2D eigenvalue weighted by molar-refractivity contribution is 0.631. The maximum atomic E-state index is 14.0. The average Bonchev–Trinajstić information content (AvgIpc) is 2.81. The Bertz CT molecular complexity index is 748. The molecule has 0 aliphatic carbocycles. The molecule has 2 aromatic heterocycles. The smallest absolute Gasteiger partial charge is 0.141 e. The van der Waals surface area contributed by atoms with Crippen LogP contribution in [-0.4, -0.2) is 15.0 Å². The second kappa shape index (κ2) is 4.44. The molecule has 0 aliphatic heterocycles. The van der Waals surface area contributed by atoms with Crippen molar-refractivity contribution in [2.24, 2.45) is 5.73 Å². The van der Waals surface area contributed by atoms with Crippen LogP contribution in [0.1, 0.15) is 11.4 Å². The molecule has 0 saturated heterocycles. The fourth-order valence-electron chi connectivity index (χ4n) is 2.22. The Morgan fingerprint density at radius 3 is 2.79 bits per heavy atom. The van der Waals surface area contributed by atoms with Crippen molar-refractivity contribution in [1.29, 1.82) is 0 Å². The molecule has 0 amide bonds.